The lowest BCUT2D eigenvalue weighted by atomic mass is 9.92. The number of hydrogen-bond donors (Lipinski definition) is 1. The molecule has 0 radical (unpaired) electrons. The Balaban J connectivity index is 1.40. The van der Waals surface area contributed by atoms with Crippen LogP contribution in [0.5, 0.6) is 0 Å². The fraction of sp³-hybridized carbons (Fsp3) is 0.391. The summed E-state index contributed by atoms with van der Waals surface area (Å²) in [7, 11) is 0. The Bertz CT molecular complexity index is 880. The number of rotatable bonds is 4. The summed E-state index contributed by atoms with van der Waals surface area (Å²) in [6, 6.07) is 13.1. The van der Waals surface area contributed by atoms with Crippen molar-refractivity contribution in [1.82, 2.24) is 10.2 Å². The summed E-state index contributed by atoms with van der Waals surface area (Å²) >= 11 is 0. The summed E-state index contributed by atoms with van der Waals surface area (Å²) < 4.78 is 0. The second-order valence-corrected chi connectivity index (χ2v) is 8.10. The summed E-state index contributed by atoms with van der Waals surface area (Å²) in [5, 5.41) is 3.01. The lowest BCUT2D eigenvalue weighted by Gasteiger charge is -2.34. The van der Waals surface area contributed by atoms with Gasteiger partial charge in [-0.1, -0.05) is 44.2 Å². The van der Waals surface area contributed by atoms with Crippen molar-refractivity contribution >= 4 is 11.7 Å². The molecule has 1 N–H and O–H groups in total. The summed E-state index contributed by atoms with van der Waals surface area (Å²) in [5.41, 5.74) is 3.78. The molecule has 4 rings (SSSR count). The molecule has 1 aliphatic carbocycles. The molecule has 2 aromatic carbocycles. The molecule has 1 amide bonds. The number of amides is 1. The van der Waals surface area contributed by atoms with Crippen molar-refractivity contribution in [3.8, 4) is 11.1 Å². The number of nitrogens with zero attached hydrogens (tertiary/aromatic N) is 1. The predicted octanol–water partition coefficient (Wildman–Crippen LogP) is 3.61. The Morgan fingerprint density at radius 1 is 1.00 bits per heavy atom. The van der Waals surface area contributed by atoms with E-state index in [4.69, 9.17) is 0 Å². The highest BCUT2D eigenvalue weighted by Gasteiger charge is 2.27. The van der Waals surface area contributed by atoms with Crippen molar-refractivity contribution in [2.75, 3.05) is 26.2 Å². The quantitative estimate of drug-likeness (QED) is 0.771. The largest absolute Gasteiger partial charge is 0.351 e. The third kappa shape index (κ3) is 3.54. The fourth-order valence-corrected chi connectivity index (χ4v) is 4.57. The van der Waals surface area contributed by atoms with E-state index in [0.717, 1.165) is 36.3 Å². The fourth-order valence-electron chi connectivity index (χ4n) is 4.57. The molecule has 0 spiro atoms. The minimum absolute atomic E-state index is 0.00606. The van der Waals surface area contributed by atoms with Crippen molar-refractivity contribution in [3.05, 3.63) is 59.2 Å². The van der Waals surface area contributed by atoms with Gasteiger partial charge < -0.3 is 10.2 Å². The number of likely N-dealkylation sites (tertiary alicyclic amines) is 1. The first-order valence-electron chi connectivity index (χ1n) is 9.81. The Morgan fingerprint density at radius 2 is 1.67 bits per heavy atom. The van der Waals surface area contributed by atoms with Gasteiger partial charge in [-0.25, -0.2) is 0 Å². The van der Waals surface area contributed by atoms with E-state index in [1.165, 1.54) is 6.42 Å². The standard InChI is InChI=1S/C23H26N2O2/c1-15-11-16(2)14-25(13-15)10-9-24-23(27)17-7-8-19-18-5-3-4-6-20(18)22(26)21(19)12-17/h3-8,12,15-16H,9-11,13-14H2,1-2H3,(H,24,27). The number of nitrogens with one attached hydrogen (secondary N) is 1. The Kier molecular flexibility index (Phi) is 4.83. The van der Waals surface area contributed by atoms with E-state index in [1.807, 2.05) is 36.4 Å². The van der Waals surface area contributed by atoms with Gasteiger partial charge in [-0.2, -0.15) is 0 Å². The monoisotopic (exact) mass is 362 g/mol. The van der Waals surface area contributed by atoms with Gasteiger partial charge in [0.15, 0.2) is 5.78 Å². The van der Waals surface area contributed by atoms with Crippen LogP contribution in [0.15, 0.2) is 42.5 Å². The molecule has 4 nitrogen and oxygen atoms in total. The van der Waals surface area contributed by atoms with Gasteiger partial charge in [0, 0.05) is 42.9 Å². The number of benzene rings is 2. The maximum absolute atomic E-state index is 12.6. The molecule has 2 aliphatic rings. The third-order valence-corrected chi connectivity index (χ3v) is 5.65. The SMILES string of the molecule is CC1CC(C)CN(CCNC(=O)c2ccc3c(c2)C(=O)c2ccccc2-3)C1. The second-order valence-electron chi connectivity index (χ2n) is 8.10. The van der Waals surface area contributed by atoms with E-state index in [9.17, 15) is 9.59 Å². The van der Waals surface area contributed by atoms with Crippen LogP contribution in [0, 0.1) is 11.8 Å². The van der Waals surface area contributed by atoms with E-state index in [2.05, 4.69) is 24.1 Å². The molecule has 4 heteroatoms. The molecule has 0 bridgehead atoms. The van der Waals surface area contributed by atoms with E-state index in [1.54, 1.807) is 6.07 Å². The zero-order valence-corrected chi connectivity index (χ0v) is 16.0. The first-order chi connectivity index (χ1) is 13.0. The van der Waals surface area contributed by atoms with Gasteiger partial charge in [0.05, 0.1) is 0 Å². The van der Waals surface area contributed by atoms with Crippen LogP contribution in [-0.4, -0.2) is 42.8 Å². The van der Waals surface area contributed by atoms with Crippen LogP contribution in [0.2, 0.25) is 0 Å². The van der Waals surface area contributed by atoms with E-state index in [-0.39, 0.29) is 11.7 Å². The van der Waals surface area contributed by atoms with Crippen LogP contribution in [-0.2, 0) is 0 Å². The molecule has 0 saturated carbocycles. The molecule has 2 atom stereocenters. The van der Waals surface area contributed by atoms with E-state index in [0.29, 0.717) is 29.5 Å². The van der Waals surface area contributed by atoms with Crippen molar-refractivity contribution < 1.29 is 9.59 Å². The Labute approximate surface area is 160 Å². The number of fused-ring (bicyclic) bond motifs is 3. The van der Waals surface area contributed by atoms with Crippen LogP contribution < -0.4 is 5.32 Å². The molecular weight excluding hydrogens is 336 g/mol. The highest BCUT2D eigenvalue weighted by molar-refractivity contribution is 6.22. The van der Waals surface area contributed by atoms with Gasteiger partial charge in [0.25, 0.3) is 5.91 Å². The molecule has 0 aromatic heterocycles. The van der Waals surface area contributed by atoms with E-state index >= 15 is 0 Å². The van der Waals surface area contributed by atoms with Gasteiger partial charge in [0.2, 0.25) is 0 Å². The van der Waals surface area contributed by atoms with Crippen LogP contribution >= 0.6 is 0 Å². The molecule has 1 aliphatic heterocycles. The van der Waals surface area contributed by atoms with E-state index < -0.39 is 0 Å². The predicted molar refractivity (Wildman–Crippen MR) is 107 cm³/mol. The lowest BCUT2D eigenvalue weighted by Crippen LogP contribution is -2.42. The normalized spacial score (nSPS) is 21.6. The molecule has 1 fully saturated rings. The zero-order chi connectivity index (χ0) is 19.0. The van der Waals surface area contributed by atoms with Crippen molar-refractivity contribution in [3.63, 3.8) is 0 Å². The molecule has 2 aromatic rings. The van der Waals surface area contributed by atoms with Crippen molar-refractivity contribution in [2.24, 2.45) is 11.8 Å². The number of hydrogen-bond acceptors (Lipinski definition) is 3. The van der Waals surface area contributed by atoms with Gasteiger partial charge >= 0.3 is 0 Å². The number of carbonyl (C=O) groups excluding carboxylic acids is 2. The molecule has 1 heterocycles. The van der Waals surface area contributed by atoms with Crippen LogP contribution in [0.4, 0.5) is 0 Å². The Hall–Kier alpha value is -2.46. The average Bonchev–Trinajstić information content (AvgIpc) is 2.93. The second kappa shape index (κ2) is 7.28. The zero-order valence-electron chi connectivity index (χ0n) is 16.0. The average molecular weight is 362 g/mol. The van der Waals surface area contributed by atoms with Crippen LogP contribution in [0.25, 0.3) is 11.1 Å². The smallest absolute Gasteiger partial charge is 0.251 e. The number of piperidine rings is 1. The highest BCUT2D eigenvalue weighted by atomic mass is 16.1. The van der Waals surface area contributed by atoms with Crippen molar-refractivity contribution in [2.45, 2.75) is 20.3 Å². The number of ketones is 1. The first kappa shape index (κ1) is 17.9. The Morgan fingerprint density at radius 3 is 2.41 bits per heavy atom. The topological polar surface area (TPSA) is 49.4 Å². The highest BCUT2D eigenvalue weighted by Crippen LogP contribution is 2.36. The third-order valence-electron chi connectivity index (χ3n) is 5.65. The first-order valence-corrected chi connectivity index (χ1v) is 9.81. The molecule has 140 valence electrons. The van der Waals surface area contributed by atoms with Gasteiger partial charge in [0.1, 0.15) is 0 Å². The van der Waals surface area contributed by atoms with Gasteiger partial charge in [-0.15, -0.1) is 0 Å². The van der Waals surface area contributed by atoms with Crippen molar-refractivity contribution in [1.29, 1.82) is 0 Å². The molecule has 27 heavy (non-hydrogen) atoms. The maximum Gasteiger partial charge on any atom is 0.251 e. The summed E-state index contributed by atoms with van der Waals surface area (Å²) in [4.78, 5) is 27.6. The summed E-state index contributed by atoms with van der Waals surface area (Å²) in [5.74, 6) is 1.33. The molecule has 1 saturated heterocycles. The van der Waals surface area contributed by atoms with Gasteiger partial charge in [-0.05, 0) is 41.5 Å². The summed E-state index contributed by atoms with van der Waals surface area (Å²) in [6.07, 6.45) is 1.29. The molecule has 2 unspecified atom stereocenters. The maximum atomic E-state index is 12.6. The molecular formula is C23H26N2O2. The number of carbonyl (C=O) groups is 2. The minimum Gasteiger partial charge on any atom is -0.351 e. The van der Waals surface area contributed by atoms with Crippen LogP contribution in [0.3, 0.4) is 0 Å². The van der Waals surface area contributed by atoms with Crippen LogP contribution in [0.1, 0.15) is 46.5 Å². The lowest BCUT2D eigenvalue weighted by molar-refractivity contribution is 0.0936. The minimum atomic E-state index is -0.111. The summed E-state index contributed by atoms with van der Waals surface area (Å²) in [6.45, 7) is 8.29. The van der Waals surface area contributed by atoms with Gasteiger partial charge in [-0.3, -0.25) is 9.59 Å².